The highest BCUT2D eigenvalue weighted by Crippen LogP contribution is 2.39. The van der Waals surface area contributed by atoms with E-state index in [1.807, 2.05) is 18.2 Å². The van der Waals surface area contributed by atoms with Crippen LogP contribution in [0.2, 0.25) is 18.1 Å². The second kappa shape index (κ2) is 7.38. The van der Waals surface area contributed by atoms with Gasteiger partial charge >= 0.3 is 5.97 Å². The molecule has 0 aromatic heterocycles. The van der Waals surface area contributed by atoms with E-state index >= 15 is 0 Å². The molecule has 2 atom stereocenters. The van der Waals surface area contributed by atoms with Crippen LogP contribution in [-0.2, 0) is 20.5 Å². The Kier molecular flexibility index (Phi) is 5.89. The molecule has 0 amide bonds. The Morgan fingerprint density at radius 1 is 1.25 bits per heavy atom. The molecule has 1 aromatic rings. The van der Waals surface area contributed by atoms with E-state index in [1.54, 1.807) is 0 Å². The van der Waals surface area contributed by atoms with Crippen molar-refractivity contribution >= 4 is 14.3 Å². The first kappa shape index (κ1) is 19.2. The summed E-state index contributed by atoms with van der Waals surface area (Å²) in [4.78, 5) is 14.4. The molecule has 0 N–H and O–H groups in total. The summed E-state index contributed by atoms with van der Waals surface area (Å²) in [7, 11) is -0.382. The molecule has 1 fully saturated rings. The third-order valence-electron chi connectivity index (χ3n) is 5.33. The zero-order valence-corrected chi connectivity index (χ0v) is 16.8. The van der Waals surface area contributed by atoms with Gasteiger partial charge in [-0.2, -0.15) is 0 Å². The Balaban J connectivity index is 2.11. The number of esters is 1. The summed E-state index contributed by atoms with van der Waals surface area (Å²) in [5.74, 6) is -0.160. The molecule has 4 nitrogen and oxygen atoms in total. The number of benzene rings is 1. The lowest BCUT2D eigenvalue weighted by Gasteiger charge is -2.38. The van der Waals surface area contributed by atoms with Gasteiger partial charge in [-0.25, -0.2) is 0 Å². The summed E-state index contributed by atoms with van der Waals surface area (Å²) in [6.07, 6.45) is 0.810. The average Bonchev–Trinajstić information content (AvgIpc) is 2.88. The van der Waals surface area contributed by atoms with Crippen molar-refractivity contribution in [2.45, 2.75) is 64.0 Å². The number of likely N-dealkylation sites (tertiary alicyclic amines) is 1. The number of carbonyl (C=O) groups excluding carboxylic acids is 1. The molecule has 0 bridgehead atoms. The fourth-order valence-corrected chi connectivity index (χ4v) is 4.27. The number of nitrogens with zero attached hydrogens (tertiary/aromatic N) is 1. The van der Waals surface area contributed by atoms with E-state index in [1.165, 1.54) is 12.7 Å². The van der Waals surface area contributed by atoms with Crippen molar-refractivity contribution in [3.8, 4) is 0 Å². The van der Waals surface area contributed by atoms with Gasteiger partial charge in [0.1, 0.15) is 6.04 Å². The van der Waals surface area contributed by atoms with Gasteiger partial charge in [0.05, 0.1) is 13.2 Å². The minimum absolute atomic E-state index is 0.0960. The zero-order valence-electron chi connectivity index (χ0n) is 15.8. The van der Waals surface area contributed by atoms with Gasteiger partial charge in [0.15, 0.2) is 8.32 Å². The Bertz CT molecular complexity index is 553. The van der Waals surface area contributed by atoms with E-state index in [0.29, 0.717) is 6.42 Å². The van der Waals surface area contributed by atoms with Gasteiger partial charge in [-0.1, -0.05) is 51.1 Å². The van der Waals surface area contributed by atoms with Crippen molar-refractivity contribution in [3.05, 3.63) is 35.9 Å². The first-order chi connectivity index (χ1) is 11.1. The van der Waals surface area contributed by atoms with E-state index in [0.717, 1.165) is 13.1 Å². The summed E-state index contributed by atoms with van der Waals surface area (Å²) in [6, 6.07) is 10.0. The molecular formula is C19H31NO3Si. The summed E-state index contributed by atoms with van der Waals surface area (Å²) in [5.41, 5.74) is 1.21. The van der Waals surface area contributed by atoms with Crippen LogP contribution in [0.4, 0.5) is 0 Å². The monoisotopic (exact) mass is 349 g/mol. The van der Waals surface area contributed by atoms with Crippen molar-refractivity contribution in [3.63, 3.8) is 0 Å². The first-order valence-electron chi connectivity index (χ1n) is 8.67. The topological polar surface area (TPSA) is 38.8 Å². The highest BCUT2D eigenvalue weighted by atomic mass is 28.4. The highest BCUT2D eigenvalue weighted by Gasteiger charge is 2.44. The molecular weight excluding hydrogens is 318 g/mol. The van der Waals surface area contributed by atoms with Gasteiger partial charge in [0.2, 0.25) is 0 Å². The molecule has 1 aromatic carbocycles. The van der Waals surface area contributed by atoms with Crippen LogP contribution >= 0.6 is 0 Å². The van der Waals surface area contributed by atoms with Crippen molar-refractivity contribution in [2.24, 2.45) is 0 Å². The summed E-state index contributed by atoms with van der Waals surface area (Å²) >= 11 is 0. The maximum absolute atomic E-state index is 12.2. The van der Waals surface area contributed by atoms with Crippen molar-refractivity contribution in [1.82, 2.24) is 4.90 Å². The van der Waals surface area contributed by atoms with Crippen LogP contribution < -0.4 is 0 Å². The molecule has 0 spiro atoms. The minimum Gasteiger partial charge on any atom is -0.468 e. The highest BCUT2D eigenvalue weighted by molar-refractivity contribution is 6.74. The molecule has 134 valence electrons. The van der Waals surface area contributed by atoms with Crippen molar-refractivity contribution in [1.29, 1.82) is 0 Å². The van der Waals surface area contributed by atoms with E-state index in [-0.39, 0.29) is 23.2 Å². The number of hydrogen-bond donors (Lipinski definition) is 0. The Morgan fingerprint density at radius 2 is 1.88 bits per heavy atom. The largest absolute Gasteiger partial charge is 0.468 e. The van der Waals surface area contributed by atoms with Gasteiger partial charge in [-0.05, 0) is 30.1 Å². The number of ether oxygens (including phenoxy) is 1. The molecule has 1 aliphatic heterocycles. The molecule has 5 heteroatoms. The second-order valence-electron chi connectivity index (χ2n) is 8.19. The minimum atomic E-state index is -1.84. The van der Waals surface area contributed by atoms with Gasteiger partial charge in [0.25, 0.3) is 0 Å². The van der Waals surface area contributed by atoms with Crippen LogP contribution in [0.1, 0.15) is 32.8 Å². The van der Waals surface area contributed by atoms with E-state index in [9.17, 15) is 4.79 Å². The standard InChI is InChI=1S/C19H31NO3Si/c1-19(2,3)24(5,6)23-16-12-17(18(21)22-4)20(14-16)13-15-10-8-7-9-11-15/h7-11,16-17H,12-14H2,1-6H3/t16-,17+/m0/s1. The van der Waals surface area contributed by atoms with Crippen molar-refractivity contribution < 1.29 is 14.0 Å². The SMILES string of the molecule is COC(=O)[C@H]1C[C@H](O[Si](C)(C)C(C)(C)C)CN1Cc1ccccc1. The van der Waals surface area contributed by atoms with Gasteiger partial charge in [0, 0.05) is 13.1 Å². The Labute approximate surface area is 147 Å². The second-order valence-corrected chi connectivity index (χ2v) is 12.9. The smallest absolute Gasteiger partial charge is 0.323 e. The van der Waals surface area contributed by atoms with Gasteiger partial charge in [-0.15, -0.1) is 0 Å². The molecule has 1 heterocycles. The zero-order chi connectivity index (χ0) is 18.0. The van der Waals surface area contributed by atoms with Crippen molar-refractivity contribution in [2.75, 3.05) is 13.7 Å². The lowest BCUT2D eigenvalue weighted by Crippen LogP contribution is -2.44. The normalized spacial score (nSPS) is 22.6. The maximum atomic E-state index is 12.2. The summed E-state index contributed by atoms with van der Waals surface area (Å²) in [5, 5.41) is 0.167. The number of hydrogen-bond acceptors (Lipinski definition) is 4. The fourth-order valence-electron chi connectivity index (χ4n) is 2.91. The number of rotatable bonds is 5. The molecule has 0 unspecified atom stereocenters. The Hall–Kier alpha value is -1.17. The molecule has 0 saturated carbocycles. The molecule has 2 rings (SSSR count). The molecule has 1 aliphatic rings. The van der Waals surface area contributed by atoms with Gasteiger partial charge in [-0.3, -0.25) is 9.69 Å². The van der Waals surface area contributed by atoms with E-state index in [4.69, 9.17) is 9.16 Å². The molecule has 24 heavy (non-hydrogen) atoms. The van der Waals surface area contributed by atoms with Crippen LogP contribution in [0, 0.1) is 0 Å². The molecule has 0 radical (unpaired) electrons. The number of methoxy groups -OCH3 is 1. The predicted molar refractivity (Wildman–Crippen MR) is 99.3 cm³/mol. The third-order valence-corrected chi connectivity index (χ3v) is 9.87. The van der Waals surface area contributed by atoms with E-state index in [2.05, 4.69) is 50.9 Å². The summed E-state index contributed by atoms with van der Waals surface area (Å²) < 4.78 is 11.6. The molecule has 0 aliphatic carbocycles. The third kappa shape index (κ3) is 4.46. The first-order valence-corrected chi connectivity index (χ1v) is 11.6. The van der Waals surface area contributed by atoms with Crippen LogP contribution in [-0.4, -0.2) is 45.0 Å². The number of carbonyl (C=O) groups is 1. The molecule has 1 saturated heterocycles. The quantitative estimate of drug-likeness (QED) is 0.598. The average molecular weight is 350 g/mol. The van der Waals surface area contributed by atoms with Crippen LogP contribution in [0.15, 0.2) is 30.3 Å². The predicted octanol–water partition coefficient (Wildman–Crippen LogP) is 3.82. The maximum Gasteiger partial charge on any atom is 0.323 e. The fraction of sp³-hybridized carbons (Fsp3) is 0.632. The summed E-state index contributed by atoms with van der Waals surface area (Å²) in [6.45, 7) is 12.8. The Morgan fingerprint density at radius 3 is 2.42 bits per heavy atom. The lowest BCUT2D eigenvalue weighted by molar-refractivity contribution is -0.146. The lowest BCUT2D eigenvalue weighted by atomic mass is 10.2. The van der Waals surface area contributed by atoms with E-state index < -0.39 is 8.32 Å². The van der Waals surface area contributed by atoms with Crippen LogP contribution in [0.5, 0.6) is 0 Å². The van der Waals surface area contributed by atoms with Crippen LogP contribution in [0.3, 0.4) is 0 Å². The van der Waals surface area contributed by atoms with Crippen LogP contribution in [0.25, 0.3) is 0 Å². The van der Waals surface area contributed by atoms with Gasteiger partial charge < -0.3 is 9.16 Å².